The summed E-state index contributed by atoms with van der Waals surface area (Å²) in [5, 5.41) is 15.4. The zero-order chi connectivity index (χ0) is 18.4. The van der Waals surface area contributed by atoms with Crippen molar-refractivity contribution in [3.8, 4) is 0 Å². The summed E-state index contributed by atoms with van der Waals surface area (Å²) in [5.41, 5.74) is 6.13. The molecule has 136 valence electrons. The summed E-state index contributed by atoms with van der Waals surface area (Å²) in [4.78, 5) is 28.5. The van der Waals surface area contributed by atoms with Crippen molar-refractivity contribution in [2.24, 2.45) is 5.73 Å². The van der Waals surface area contributed by atoms with Gasteiger partial charge >= 0.3 is 5.97 Å². The summed E-state index contributed by atoms with van der Waals surface area (Å²) < 4.78 is 30.4. The molecule has 3 heterocycles. The molecule has 2 aliphatic rings. The maximum absolute atomic E-state index is 11.8. The van der Waals surface area contributed by atoms with E-state index < -0.39 is 33.8 Å². The zero-order valence-electron chi connectivity index (χ0n) is 12.4. The molecule has 1 aromatic heterocycles. The molecule has 0 spiro atoms. The number of nitrogens with two attached hydrogens (primary N) is 1. The predicted molar refractivity (Wildman–Crippen MR) is 88.1 cm³/mol. The molecule has 1 amide bonds. The molecule has 11 nitrogen and oxygen atoms in total. The van der Waals surface area contributed by atoms with E-state index in [0.29, 0.717) is 11.3 Å². The first-order valence-electron chi connectivity index (χ1n) is 6.82. The van der Waals surface area contributed by atoms with Gasteiger partial charge in [0.25, 0.3) is 10.1 Å². The van der Waals surface area contributed by atoms with Crippen molar-refractivity contribution < 1.29 is 27.7 Å². The maximum atomic E-state index is 11.8. The third-order valence-corrected chi connectivity index (χ3v) is 6.43. The lowest BCUT2D eigenvalue weighted by Gasteiger charge is -2.48. The van der Waals surface area contributed by atoms with Crippen LogP contribution in [-0.4, -0.2) is 73.0 Å². The van der Waals surface area contributed by atoms with Crippen molar-refractivity contribution in [3.05, 3.63) is 17.1 Å². The molecule has 0 aliphatic carbocycles. The summed E-state index contributed by atoms with van der Waals surface area (Å²) in [6, 6.07) is -0.690. The molecular formula is C11H13N5O6S3. The Morgan fingerprint density at radius 1 is 1.52 bits per heavy atom. The average molecular weight is 407 g/mol. The van der Waals surface area contributed by atoms with Crippen molar-refractivity contribution in [3.63, 3.8) is 0 Å². The monoisotopic (exact) mass is 407 g/mol. The van der Waals surface area contributed by atoms with Gasteiger partial charge in [-0.1, -0.05) is 11.8 Å². The molecular weight excluding hydrogens is 394 g/mol. The number of amides is 1. The summed E-state index contributed by atoms with van der Waals surface area (Å²) >= 11 is 2.48. The molecule has 0 radical (unpaired) electrons. The minimum atomic E-state index is -4.23. The van der Waals surface area contributed by atoms with E-state index in [2.05, 4.69) is 15.2 Å². The Morgan fingerprint density at radius 2 is 2.24 bits per heavy atom. The number of aromatic amines is 1. The van der Waals surface area contributed by atoms with Gasteiger partial charge in [0.05, 0.1) is 0 Å². The van der Waals surface area contributed by atoms with Gasteiger partial charge in [-0.15, -0.1) is 16.9 Å². The predicted octanol–water partition coefficient (Wildman–Crippen LogP) is -1.13. The van der Waals surface area contributed by atoms with E-state index >= 15 is 0 Å². The quantitative estimate of drug-likeness (QED) is 0.254. The van der Waals surface area contributed by atoms with E-state index in [1.807, 2.05) is 0 Å². The third-order valence-electron chi connectivity index (χ3n) is 3.50. The van der Waals surface area contributed by atoms with Crippen LogP contribution < -0.4 is 5.73 Å². The highest BCUT2D eigenvalue weighted by molar-refractivity contribution is 8.01. The van der Waals surface area contributed by atoms with Gasteiger partial charge < -0.3 is 10.8 Å². The fourth-order valence-electron chi connectivity index (χ4n) is 2.42. The standard InChI is InChI=1S/C11H13N5O6S3/c12-6-8(17)16-7(10(18)19)4(1-23-9(6)16)2-24-11-13-5(14-15-11)3-25(20,21)22/h6,9H,1-3,12H2,(H,18,19)(H,13,14,15)(H,20,21,22)/t6?,9-/m1/s1. The number of thioether (sulfide) groups is 2. The number of nitrogens with one attached hydrogen (secondary N) is 1. The molecule has 2 aliphatic heterocycles. The fraction of sp³-hybridized carbons (Fsp3) is 0.455. The van der Waals surface area contributed by atoms with Gasteiger partial charge in [0, 0.05) is 11.5 Å². The number of β-lactam (4-membered cyclic amide) rings is 1. The second-order valence-corrected chi connectivity index (χ2v) is 8.77. The molecule has 1 saturated heterocycles. The zero-order valence-corrected chi connectivity index (χ0v) is 14.9. The van der Waals surface area contributed by atoms with Gasteiger partial charge in [0.15, 0.2) is 0 Å². The largest absolute Gasteiger partial charge is 0.477 e. The number of hydrogen-bond acceptors (Lipinski definition) is 9. The van der Waals surface area contributed by atoms with E-state index in [4.69, 9.17) is 10.3 Å². The van der Waals surface area contributed by atoms with Gasteiger partial charge in [-0.05, 0) is 5.57 Å². The molecule has 1 aromatic rings. The smallest absolute Gasteiger partial charge is 0.352 e. The Morgan fingerprint density at radius 3 is 2.88 bits per heavy atom. The SMILES string of the molecule is NC1C(=O)N2C(C(=O)O)=C(CSc3n[nH]c(CS(=O)(=O)O)n3)CS[C@H]12. The first-order valence-corrected chi connectivity index (χ1v) is 10.5. The molecule has 1 fully saturated rings. The van der Waals surface area contributed by atoms with Crippen LogP contribution in [0.4, 0.5) is 0 Å². The Kier molecular flexibility index (Phi) is 4.80. The van der Waals surface area contributed by atoms with E-state index in [9.17, 15) is 23.1 Å². The molecule has 0 bridgehead atoms. The fourth-order valence-corrected chi connectivity index (χ4v) is 5.15. The first-order chi connectivity index (χ1) is 11.7. The molecule has 0 saturated carbocycles. The Hall–Kier alpha value is -1.61. The highest BCUT2D eigenvalue weighted by Gasteiger charge is 2.51. The number of nitrogens with zero attached hydrogens (tertiary/aromatic N) is 3. The number of fused-ring (bicyclic) bond motifs is 1. The normalized spacial score (nSPS) is 23.4. The van der Waals surface area contributed by atoms with Crippen LogP contribution in [0.5, 0.6) is 0 Å². The Bertz CT molecular complexity index is 865. The van der Waals surface area contributed by atoms with Gasteiger partial charge in [-0.3, -0.25) is 19.3 Å². The number of carbonyl (C=O) groups excluding carboxylic acids is 1. The van der Waals surface area contributed by atoms with Gasteiger partial charge in [-0.25, -0.2) is 9.78 Å². The van der Waals surface area contributed by atoms with Crippen LogP contribution >= 0.6 is 23.5 Å². The van der Waals surface area contributed by atoms with Crippen molar-refractivity contribution in [2.75, 3.05) is 11.5 Å². The Labute approximate surface area is 150 Å². The van der Waals surface area contributed by atoms with Crippen LogP contribution in [-0.2, 0) is 25.5 Å². The van der Waals surface area contributed by atoms with Crippen LogP contribution in [0.1, 0.15) is 5.82 Å². The topological polar surface area (TPSA) is 180 Å². The van der Waals surface area contributed by atoms with Crippen molar-refractivity contribution in [2.45, 2.75) is 22.3 Å². The lowest BCUT2D eigenvalue weighted by atomic mass is 10.0. The molecule has 25 heavy (non-hydrogen) atoms. The van der Waals surface area contributed by atoms with Gasteiger partial charge in [0.2, 0.25) is 11.1 Å². The number of H-pyrrole nitrogens is 1. The van der Waals surface area contributed by atoms with E-state index in [1.165, 1.54) is 16.7 Å². The summed E-state index contributed by atoms with van der Waals surface area (Å²) in [6.07, 6.45) is 0. The van der Waals surface area contributed by atoms with Gasteiger partial charge in [0.1, 0.15) is 28.7 Å². The highest BCUT2D eigenvalue weighted by Crippen LogP contribution is 2.40. The van der Waals surface area contributed by atoms with E-state index in [-0.39, 0.29) is 27.8 Å². The van der Waals surface area contributed by atoms with Crippen molar-refractivity contribution >= 4 is 45.5 Å². The maximum Gasteiger partial charge on any atom is 0.352 e. The summed E-state index contributed by atoms with van der Waals surface area (Å²) in [7, 11) is -4.23. The molecule has 2 atom stereocenters. The Balaban J connectivity index is 1.73. The first kappa shape index (κ1) is 18.2. The van der Waals surface area contributed by atoms with Crippen molar-refractivity contribution in [1.82, 2.24) is 20.1 Å². The lowest BCUT2D eigenvalue weighted by molar-refractivity contribution is -0.147. The van der Waals surface area contributed by atoms with Crippen LogP contribution in [0.25, 0.3) is 0 Å². The van der Waals surface area contributed by atoms with Crippen LogP contribution in [0.2, 0.25) is 0 Å². The highest BCUT2D eigenvalue weighted by atomic mass is 32.2. The average Bonchev–Trinajstić information content (AvgIpc) is 2.96. The molecule has 14 heteroatoms. The third kappa shape index (κ3) is 3.67. The molecule has 1 unspecified atom stereocenters. The lowest BCUT2D eigenvalue weighted by Crippen LogP contribution is -2.68. The second-order valence-electron chi connectivity index (χ2n) is 5.27. The van der Waals surface area contributed by atoms with Crippen molar-refractivity contribution in [1.29, 1.82) is 0 Å². The minimum absolute atomic E-state index is 0.0283. The second kappa shape index (κ2) is 6.60. The van der Waals surface area contributed by atoms with E-state index in [0.717, 1.165) is 11.8 Å². The number of aromatic nitrogens is 3. The van der Waals surface area contributed by atoms with Gasteiger partial charge in [-0.2, -0.15) is 8.42 Å². The molecule has 3 rings (SSSR count). The van der Waals surface area contributed by atoms with Crippen LogP contribution in [0.15, 0.2) is 16.4 Å². The number of carboxylic acids is 1. The van der Waals surface area contributed by atoms with Crippen LogP contribution in [0.3, 0.4) is 0 Å². The number of hydrogen-bond donors (Lipinski definition) is 4. The minimum Gasteiger partial charge on any atom is -0.477 e. The number of carbonyl (C=O) groups is 2. The summed E-state index contributed by atoms with van der Waals surface area (Å²) in [6.45, 7) is 0. The molecule has 5 N–H and O–H groups in total. The van der Waals surface area contributed by atoms with Crippen LogP contribution in [0, 0.1) is 0 Å². The van der Waals surface area contributed by atoms with E-state index in [1.54, 1.807) is 0 Å². The number of carboxylic acid groups (broad SMARTS) is 1. The summed E-state index contributed by atoms with van der Waals surface area (Å²) in [5.74, 6) is -1.74. The number of aliphatic carboxylic acids is 1. The molecule has 0 aromatic carbocycles. The number of rotatable bonds is 6.